The first-order valence-electron chi connectivity index (χ1n) is 8.65. The van der Waals surface area contributed by atoms with E-state index < -0.39 is 6.10 Å². The van der Waals surface area contributed by atoms with Gasteiger partial charge in [-0.25, -0.2) is 0 Å². The lowest BCUT2D eigenvalue weighted by atomic mass is 10.2. The summed E-state index contributed by atoms with van der Waals surface area (Å²) >= 11 is 3.00. The molecule has 4 aromatic rings. The van der Waals surface area contributed by atoms with Crippen molar-refractivity contribution in [2.24, 2.45) is 0 Å². The number of benzene rings is 2. The summed E-state index contributed by atoms with van der Waals surface area (Å²) in [6.45, 7) is 0.309. The van der Waals surface area contributed by atoms with Gasteiger partial charge in [0.25, 0.3) is 5.56 Å². The standard InChI is InChI=1S/C20H15N3O3S2/c1-27-13-8-6-12(7-9-13)10-17-19(24)23-20(28-17)21-18(22-23)16-11-25-14-4-2-3-5-15(14)26-16/h2-10,16H,11H2,1H3/b17-10-/t16-/m0/s1. The predicted octanol–water partition coefficient (Wildman–Crippen LogP) is 2.93. The van der Waals surface area contributed by atoms with Crippen LogP contribution in [-0.2, 0) is 0 Å². The Labute approximate surface area is 168 Å². The van der Waals surface area contributed by atoms with E-state index >= 15 is 0 Å². The van der Waals surface area contributed by atoms with Gasteiger partial charge in [-0.1, -0.05) is 35.6 Å². The molecule has 8 heteroatoms. The SMILES string of the molecule is CSc1ccc(/C=c2\sc3nc([C@@H]4COc5ccccc5O4)nn3c2=O)cc1. The van der Waals surface area contributed by atoms with Crippen molar-refractivity contribution in [3.63, 3.8) is 0 Å². The van der Waals surface area contributed by atoms with Crippen molar-refractivity contribution in [1.29, 1.82) is 0 Å². The van der Waals surface area contributed by atoms with Crippen molar-refractivity contribution in [3.8, 4) is 11.5 Å². The third-order valence-electron chi connectivity index (χ3n) is 4.41. The van der Waals surface area contributed by atoms with Crippen LogP contribution in [0.4, 0.5) is 0 Å². The Balaban J connectivity index is 1.47. The first-order chi connectivity index (χ1) is 13.7. The minimum absolute atomic E-state index is 0.176. The van der Waals surface area contributed by atoms with E-state index in [4.69, 9.17) is 9.47 Å². The largest absolute Gasteiger partial charge is 0.485 e. The number of para-hydroxylation sites is 2. The summed E-state index contributed by atoms with van der Waals surface area (Å²) in [7, 11) is 0. The Morgan fingerprint density at radius 1 is 1.18 bits per heavy atom. The van der Waals surface area contributed by atoms with Crippen LogP contribution in [-0.4, -0.2) is 27.5 Å². The lowest BCUT2D eigenvalue weighted by molar-refractivity contribution is 0.0852. The maximum atomic E-state index is 12.7. The lowest BCUT2D eigenvalue weighted by Crippen LogP contribution is -2.26. The van der Waals surface area contributed by atoms with Crippen molar-refractivity contribution in [2.45, 2.75) is 11.0 Å². The molecular formula is C20H15N3O3S2. The molecule has 1 aliphatic heterocycles. The molecule has 0 saturated carbocycles. The van der Waals surface area contributed by atoms with E-state index in [1.165, 1.54) is 20.7 Å². The second-order valence-electron chi connectivity index (χ2n) is 6.22. The molecule has 0 N–H and O–H groups in total. The number of fused-ring (bicyclic) bond motifs is 2. The van der Waals surface area contributed by atoms with Gasteiger partial charge < -0.3 is 9.47 Å². The average Bonchev–Trinajstić information content (AvgIpc) is 3.28. The molecule has 0 radical (unpaired) electrons. The van der Waals surface area contributed by atoms with Gasteiger partial charge in [0.1, 0.15) is 6.61 Å². The molecule has 0 amide bonds. The van der Waals surface area contributed by atoms with Crippen LogP contribution in [0.5, 0.6) is 11.5 Å². The van der Waals surface area contributed by atoms with Crippen LogP contribution < -0.4 is 19.6 Å². The molecule has 0 saturated heterocycles. The molecule has 1 atom stereocenters. The van der Waals surface area contributed by atoms with Gasteiger partial charge in [-0.3, -0.25) is 4.79 Å². The first kappa shape index (κ1) is 17.3. The van der Waals surface area contributed by atoms with Gasteiger partial charge in [0, 0.05) is 4.90 Å². The number of nitrogens with zero attached hydrogens (tertiary/aromatic N) is 3. The zero-order valence-corrected chi connectivity index (χ0v) is 16.5. The summed E-state index contributed by atoms with van der Waals surface area (Å²) in [5, 5.41) is 4.37. The topological polar surface area (TPSA) is 65.7 Å². The summed E-state index contributed by atoms with van der Waals surface area (Å²) in [5.74, 6) is 1.81. The number of thiazole rings is 1. The highest BCUT2D eigenvalue weighted by atomic mass is 32.2. The number of hydrogen-bond donors (Lipinski definition) is 0. The molecule has 0 bridgehead atoms. The van der Waals surface area contributed by atoms with Crippen LogP contribution in [0.25, 0.3) is 11.0 Å². The highest BCUT2D eigenvalue weighted by Gasteiger charge is 2.26. The second kappa shape index (κ2) is 6.96. The minimum atomic E-state index is -0.437. The van der Waals surface area contributed by atoms with Crippen molar-refractivity contribution >= 4 is 34.1 Å². The molecule has 3 heterocycles. The molecule has 28 heavy (non-hydrogen) atoms. The molecule has 5 rings (SSSR count). The molecule has 1 aliphatic rings. The van der Waals surface area contributed by atoms with Gasteiger partial charge in [0.05, 0.1) is 4.53 Å². The summed E-state index contributed by atoms with van der Waals surface area (Å²) in [6.07, 6.45) is 3.46. The molecule has 6 nitrogen and oxygen atoms in total. The fraction of sp³-hybridized carbons (Fsp3) is 0.150. The Kier molecular flexibility index (Phi) is 4.29. The molecule has 2 aromatic heterocycles. The number of thioether (sulfide) groups is 1. The predicted molar refractivity (Wildman–Crippen MR) is 109 cm³/mol. The zero-order valence-electron chi connectivity index (χ0n) is 14.9. The van der Waals surface area contributed by atoms with E-state index in [1.54, 1.807) is 11.8 Å². The van der Waals surface area contributed by atoms with Crippen LogP contribution in [0.2, 0.25) is 0 Å². The van der Waals surface area contributed by atoms with E-state index in [0.717, 1.165) is 5.56 Å². The Morgan fingerprint density at radius 2 is 1.96 bits per heavy atom. The van der Waals surface area contributed by atoms with Crippen LogP contribution in [0.15, 0.2) is 58.2 Å². The molecule has 0 aliphatic carbocycles. The van der Waals surface area contributed by atoms with E-state index in [0.29, 0.717) is 33.4 Å². The van der Waals surface area contributed by atoms with Gasteiger partial charge in [0.2, 0.25) is 4.96 Å². The Hall–Kier alpha value is -2.84. The van der Waals surface area contributed by atoms with Gasteiger partial charge in [-0.2, -0.15) is 9.50 Å². The molecule has 140 valence electrons. The first-order valence-corrected chi connectivity index (χ1v) is 10.7. The lowest BCUT2D eigenvalue weighted by Gasteiger charge is -2.24. The summed E-state index contributed by atoms with van der Waals surface area (Å²) < 4.78 is 13.6. The highest BCUT2D eigenvalue weighted by Crippen LogP contribution is 2.35. The Morgan fingerprint density at radius 3 is 2.71 bits per heavy atom. The third kappa shape index (κ3) is 3.04. The van der Waals surface area contributed by atoms with Crippen LogP contribution in [0.1, 0.15) is 17.5 Å². The summed E-state index contributed by atoms with van der Waals surface area (Å²) in [5.41, 5.74) is 0.796. The summed E-state index contributed by atoms with van der Waals surface area (Å²) in [4.78, 5) is 18.9. The minimum Gasteiger partial charge on any atom is -0.485 e. The van der Waals surface area contributed by atoms with Gasteiger partial charge in [0.15, 0.2) is 23.4 Å². The van der Waals surface area contributed by atoms with Gasteiger partial charge in [-0.05, 0) is 42.2 Å². The van der Waals surface area contributed by atoms with Crippen LogP contribution in [0.3, 0.4) is 0 Å². The van der Waals surface area contributed by atoms with Crippen molar-refractivity contribution in [3.05, 3.63) is 74.8 Å². The van der Waals surface area contributed by atoms with E-state index in [2.05, 4.69) is 10.1 Å². The highest BCUT2D eigenvalue weighted by molar-refractivity contribution is 7.98. The van der Waals surface area contributed by atoms with Gasteiger partial charge in [-0.15, -0.1) is 16.9 Å². The van der Waals surface area contributed by atoms with E-state index in [9.17, 15) is 4.79 Å². The average molecular weight is 409 g/mol. The Bertz CT molecular complexity index is 1260. The number of ether oxygens (including phenoxy) is 2. The molecule has 0 unspecified atom stereocenters. The van der Waals surface area contributed by atoms with Gasteiger partial charge >= 0.3 is 0 Å². The number of aromatic nitrogens is 3. The zero-order chi connectivity index (χ0) is 19.1. The van der Waals surface area contributed by atoms with Crippen molar-refractivity contribution < 1.29 is 9.47 Å². The van der Waals surface area contributed by atoms with E-state index in [1.807, 2.05) is 60.9 Å². The smallest absolute Gasteiger partial charge is 0.291 e. The maximum absolute atomic E-state index is 12.7. The summed E-state index contributed by atoms with van der Waals surface area (Å²) in [6, 6.07) is 15.5. The number of hydrogen-bond acceptors (Lipinski definition) is 7. The molecular weight excluding hydrogens is 394 g/mol. The van der Waals surface area contributed by atoms with Crippen molar-refractivity contribution in [1.82, 2.24) is 14.6 Å². The number of rotatable bonds is 3. The molecule has 0 fully saturated rings. The quantitative estimate of drug-likeness (QED) is 0.485. The monoisotopic (exact) mass is 409 g/mol. The third-order valence-corrected chi connectivity index (χ3v) is 6.11. The molecule has 2 aromatic carbocycles. The second-order valence-corrected chi connectivity index (χ2v) is 8.11. The van der Waals surface area contributed by atoms with Crippen molar-refractivity contribution in [2.75, 3.05) is 12.9 Å². The molecule has 0 spiro atoms. The normalized spacial score (nSPS) is 16.6. The fourth-order valence-corrected chi connectivity index (χ4v) is 4.31. The van der Waals surface area contributed by atoms with E-state index in [-0.39, 0.29) is 5.56 Å². The fourth-order valence-electron chi connectivity index (χ4n) is 2.98. The maximum Gasteiger partial charge on any atom is 0.291 e. The van der Waals surface area contributed by atoms with Crippen LogP contribution in [0, 0.1) is 0 Å². The van der Waals surface area contributed by atoms with Crippen LogP contribution >= 0.6 is 23.1 Å².